The third kappa shape index (κ3) is 5.68. The molecule has 174 valence electrons. The molecule has 0 bridgehead atoms. The molecule has 10 heteroatoms. The van der Waals surface area contributed by atoms with Crippen LogP contribution in [0.4, 0.5) is 9.80 Å². The first-order valence-electron chi connectivity index (χ1n) is 10.8. The summed E-state index contributed by atoms with van der Waals surface area (Å²) in [7, 11) is 0. The van der Waals surface area contributed by atoms with Crippen LogP contribution in [0.5, 0.6) is 0 Å². The highest BCUT2D eigenvalue weighted by molar-refractivity contribution is 7.16. The van der Waals surface area contributed by atoms with Gasteiger partial charge in [0.15, 0.2) is 0 Å². The number of anilines is 1. The number of carbonyl (C=O) groups excluding carboxylic acids is 2. The van der Waals surface area contributed by atoms with Crippen molar-refractivity contribution in [3.8, 4) is 6.07 Å². The van der Waals surface area contributed by atoms with Crippen molar-refractivity contribution >= 4 is 34.4 Å². The third-order valence-electron chi connectivity index (χ3n) is 5.55. The van der Waals surface area contributed by atoms with E-state index in [1.807, 2.05) is 6.07 Å². The first kappa shape index (κ1) is 23.2. The number of rotatable bonds is 7. The second-order valence-corrected chi connectivity index (χ2v) is 9.02. The third-order valence-corrected chi connectivity index (χ3v) is 6.72. The Labute approximate surface area is 200 Å². The molecule has 3 aromatic rings. The molecule has 1 aliphatic carbocycles. The van der Waals surface area contributed by atoms with E-state index in [0.717, 1.165) is 33.7 Å². The SMILES string of the molecule is Cc1nocc1CNC(=O)OCC1CCc2c(sc(NC(=O)C=Cc3cccnc3)c2C#N)C1. The molecular weight excluding hydrogens is 454 g/mol. The zero-order valence-electron chi connectivity index (χ0n) is 18.5. The second kappa shape index (κ2) is 10.8. The summed E-state index contributed by atoms with van der Waals surface area (Å²) in [5.41, 5.74) is 3.83. The lowest BCUT2D eigenvalue weighted by Gasteiger charge is -2.21. The van der Waals surface area contributed by atoms with Gasteiger partial charge in [-0.15, -0.1) is 11.3 Å². The van der Waals surface area contributed by atoms with E-state index in [1.165, 1.54) is 23.7 Å². The number of aromatic nitrogens is 2. The Hall–Kier alpha value is -3.97. The van der Waals surface area contributed by atoms with Gasteiger partial charge < -0.3 is 19.9 Å². The normalized spacial score (nSPS) is 14.9. The van der Waals surface area contributed by atoms with Gasteiger partial charge in [-0.1, -0.05) is 11.2 Å². The van der Waals surface area contributed by atoms with Crippen LogP contribution >= 0.6 is 11.3 Å². The molecular formula is C24H23N5O4S. The molecule has 3 heterocycles. The van der Waals surface area contributed by atoms with Crippen LogP contribution in [0.25, 0.3) is 6.08 Å². The summed E-state index contributed by atoms with van der Waals surface area (Å²) >= 11 is 1.41. The fourth-order valence-electron chi connectivity index (χ4n) is 3.70. The number of nitrogens with zero attached hydrogens (tertiary/aromatic N) is 3. The molecule has 0 spiro atoms. The number of pyridine rings is 1. The number of nitrogens with one attached hydrogen (secondary N) is 2. The zero-order valence-corrected chi connectivity index (χ0v) is 19.4. The van der Waals surface area contributed by atoms with Gasteiger partial charge in [-0.05, 0) is 55.4 Å². The monoisotopic (exact) mass is 477 g/mol. The zero-order chi connectivity index (χ0) is 23.9. The van der Waals surface area contributed by atoms with Gasteiger partial charge in [0.1, 0.15) is 17.3 Å². The van der Waals surface area contributed by atoms with Crippen LogP contribution in [-0.4, -0.2) is 28.7 Å². The van der Waals surface area contributed by atoms with Crippen molar-refractivity contribution < 1.29 is 18.8 Å². The van der Waals surface area contributed by atoms with E-state index < -0.39 is 6.09 Å². The predicted octanol–water partition coefficient (Wildman–Crippen LogP) is 3.99. The average molecular weight is 478 g/mol. The number of hydrogen-bond acceptors (Lipinski definition) is 8. The lowest BCUT2D eigenvalue weighted by Crippen LogP contribution is -2.27. The van der Waals surface area contributed by atoms with Gasteiger partial charge in [-0.2, -0.15) is 5.26 Å². The number of hydrogen-bond donors (Lipinski definition) is 2. The molecule has 0 aliphatic heterocycles. The van der Waals surface area contributed by atoms with Crippen LogP contribution in [0, 0.1) is 24.2 Å². The lowest BCUT2D eigenvalue weighted by atomic mass is 9.88. The van der Waals surface area contributed by atoms with Gasteiger partial charge >= 0.3 is 6.09 Å². The Morgan fingerprint density at radius 2 is 2.32 bits per heavy atom. The van der Waals surface area contributed by atoms with Gasteiger partial charge in [0.05, 0.1) is 24.4 Å². The number of fused-ring (bicyclic) bond motifs is 1. The highest BCUT2D eigenvalue weighted by Crippen LogP contribution is 2.39. The number of nitriles is 1. The summed E-state index contributed by atoms with van der Waals surface area (Å²) in [6.07, 6.45) is 9.60. The van der Waals surface area contributed by atoms with Gasteiger partial charge in [0, 0.05) is 28.9 Å². The maximum Gasteiger partial charge on any atom is 0.407 e. The highest BCUT2D eigenvalue weighted by Gasteiger charge is 2.27. The van der Waals surface area contributed by atoms with Crippen molar-refractivity contribution in [2.75, 3.05) is 11.9 Å². The summed E-state index contributed by atoms with van der Waals surface area (Å²) in [6, 6.07) is 5.87. The Morgan fingerprint density at radius 1 is 1.44 bits per heavy atom. The first-order valence-corrected chi connectivity index (χ1v) is 11.6. The molecule has 0 radical (unpaired) electrons. The number of thiophene rings is 1. The quantitative estimate of drug-likeness (QED) is 0.492. The summed E-state index contributed by atoms with van der Waals surface area (Å²) in [6.45, 7) is 2.37. The van der Waals surface area contributed by atoms with E-state index in [-0.39, 0.29) is 25.0 Å². The van der Waals surface area contributed by atoms with Crippen LogP contribution in [0.1, 0.15) is 39.2 Å². The fraction of sp³-hybridized carbons (Fsp3) is 0.292. The lowest BCUT2D eigenvalue weighted by molar-refractivity contribution is -0.111. The van der Waals surface area contributed by atoms with Crippen LogP contribution in [-0.2, 0) is 28.9 Å². The average Bonchev–Trinajstić information content (AvgIpc) is 3.42. The minimum atomic E-state index is -0.497. The molecule has 3 aromatic heterocycles. The minimum absolute atomic E-state index is 0.148. The van der Waals surface area contributed by atoms with Crippen molar-refractivity contribution in [1.82, 2.24) is 15.5 Å². The summed E-state index contributed by atoms with van der Waals surface area (Å²) in [4.78, 5) is 29.5. The second-order valence-electron chi connectivity index (χ2n) is 7.91. The topological polar surface area (TPSA) is 130 Å². The standard InChI is InChI=1S/C24H23N5O4S/c1-15-18(14-33-29-15)12-27-24(31)32-13-17-4-6-19-20(10-25)23(34-21(19)9-17)28-22(30)7-5-16-3-2-8-26-11-16/h2-3,5,7-8,11,14,17H,4,6,9,12-13H2,1H3,(H,27,31)(H,28,30). The largest absolute Gasteiger partial charge is 0.449 e. The minimum Gasteiger partial charge on any atom is -0.449 e. The van der Waals surface area contributed by atoms with Gasteiger partial charge in [0.25, 0.3) is 0 Å². The number of ether oxygens (including phenoxy) is 1. The molecule has 1 unspecified atom stereocenters. The maximum absolute atomic E-state index is 12.4. The van der Waals surface area contributed by atoms with Crippen LogP contribution in [0.2, 0.25) is 0 Å². The van der Waals surface area contributed by atoms with E-state index in [4.69, 9.17) is 9.26 Å². The molecule has 0 fully saturated rings. The molecule has 0 saturated heterocycles. The van der Waals surface area contributed by atoms with E-state index >= 15 is 0 Å². The first-order chi connectivity index (χ1) is 16.5. The smallest absolute Gasteiger partial charge is 0.407 e. The summed E-state index contributed by atoms with van der Waals surface area (Å²) < 4.78 is 10.2. The van der Waals surface area contributed by atoms with Crippen molar-refractivity contribution in [3.05, 3.63) is 69.7 Å². The highest BCUT2D eigenvalue weighted by atomic mass is 32.1. The van der Waals surface area contributed by atoms with E-state index in [1.54, 1.807) is 31.5 Å². The molecule has 2 amide bonds. The number of amides is 2. The molecule has 9 nitrogen and oxygen atoms in total. The molecule has 1 aliphatic rings. The van der Waals surface area contributed by atoms with Gasteiger partial charge in [-0.25, -0.2) is 4.79 Å². The number of alkyl carbamates (subject to hydrolysis) is 1. The molecule has 34 heavy (non-hydrogen) atoms. The molecule has 1 atom stereocenters. The van der Waals surface area contributed by atoms with Crippen molar-refractivity contribution in [1.29, 1.82) is 5.26 Å². The van der Waals surface area contributed by atoms with Crippen molar-refractivity contribution in [3.63, 3.8) is 0 Å². The Balaban J connectivity index is 1.31. The van der Waals surface area contributed by atoms with Crippen LogP contribution in [0.3, 0.4) is 0 Å². The molecule has 0 saturated carbocycles. The molecule has 4 rings (SSSR count). The van der Waals surface area contributed by atoms with Crippen molar-refractivity contribution in [2.24, 2.45) is 5.92 Å². The predicted molar refractivity (Wildman–Crippen MR) is 126 cm³/mol. The molecule has 2 N–H and O–H groups in total. The van der Waals surface area contributed by atoms with Crippen molar-refractivity contribution in [2.45, 2.75) is 32.7 Å². The van der Waals surface area contributed by atoms with E-state index in [2.05, 4.69) is 26.8 Å². The molecule has 0 aromatic carbocycles. The van der Waals surface area contributed by atoms with Crippen LogP contribution < -0.4 is 10.6 Å². The summed E-state index contributed by atoms with van der Waals surface area (Å²) in [5.74, 6) is -0.159. The van der Waals surface area contributed by atoms with E-state index in [0.29, 0.717) is 23.4 Å². The van der Waals surface area contributed by atoms with Gasteiger partial charge in [0.2, 0.25) is 5.91 Å². The van der Waals surface area contributed by atoms with Crippen LogP contribution in [0.15, 0.2) is 41.4 Å². The van der Waals surface area contributed by atoms with Gasteiger partial charge in [-0.3, -0.25) is 9.78 Å². The summed E-state index contributed by atoms with van der Waals surface area (Å²) in [5, 5.41) is 19.5. The Morgan fingerprint density at radius 3 is 3.06 bits per heavy atom. The van der Waals surface area contributed by atoms with E-state index in [9.17, 15) is 14.9 Å². The number of carbonyl (C=O) groups is 2. The fourth-order valence-corrected chi connectivity index (χ4v) is 5.01. The maximum atomic E-state index is 12.4. The number of aryl methyl sites for hydroxylation is 1. The Bertz CT molecular complexity index is 1240. The Kier molecular flexibility index (Phi) is 7.34.